The van der Waals surface area contributed by atoms with E-state index in [1.54, 1.807) is 66.7 Å². The van der Waals surface area contributed by atoms with Gasteiger partial charge in [0.1, 0.15) is 4.90 Å². The molecule has 1 heterocycles. The molecule has 3 aromatic carbocycles. The third-order valence-corrected chi connectivity index (χ3v) is 8.06. The Kier molecular flexibility index (Phi) is 6.87. The highest BCUT2D eigenvalue weighted by Crippen LogP contribution is 2.32. The van der Waals surface area contributed by atoms with E-state index < -0.39 is 26.1 Å². The maximum Gasteiger partial charge on any atom is 0.339 e. The molecule has 0 saturated carbocycles. The lowest BCUT2D eigenvalue weighted by Gasteiger charge is -2.22. The van der Waals surface area contributed by atoms with Crippen molar-refractivity contribution < 1.29 is 21.0 Å². The average molecular weight is 505 g/mol. The Morgan fingerprint density at radius 1 is 0.743 bits per heavy atom. The number of benzene rings is 3. The van der Waals surface area contributed by atoms with Gasteiger partial charge in [0.25, 0.3) is 10.0 Å². The van der Waals surface area contributed by atoms with E-state index in [4.69, 9.17) is 4.18 Å². The molecule has 7 nitrogen and oxygen atoms in total. The molecule has 0 bridgehead atoms. The van der Waals surface area contributed by atoms with Gasteiger partial charge in [0.05, 0.1) is 16.5 Å². The smallest absolute Gasteiger partial charge is 0.339 e. The van der Waals surface area contributed by atoms with E-state index in [0.29, 0.717) is 5.56 Å². The fourth-order valence-electron chi connectivity index (χ4n) is 3.40. The summed E-state index contributed by atoms with van der Waals surface area (Å²) in [6.07, 6.45) is 5.66. The van der Waals surface area contributed by atoms with E-state index in [2.05, 4.69) is 0 Å². The van der Waals surface area contributed by atoms with Crippen LogP contribution in [0.3, 0.4) is 0 Å². The van der Waals surface area contributed by atoms with Gasteiger partial charge in [0.15, 0.2) is 5.76 Å². The Balaban J connectivity index is 1.73. The first-order valence-electron chi connectivity index (χ1n) is 10.5. The summed E-state index contributed by atoms with van der Waals surface area (Å²) in [4.78, 5) is 0.0617. The second kappa shape index (κ2) is 10.0. The van der Waals surface area contributed by atoms with Gasteiger partial charge in [-0.2, -0.15) is 13.7 Å². The second-order valence-corrected chi connectivity index (χ2v) is 10.8. The van der Waals surface area contributed by atoms with E-state index in [0.717, 1.165) is 4.31 Å². The predicted molar refractivity (Wildman–Crippen MR) is 131 cm³/mol. The standard InChI is InChI=1S/C26H20N2O5S2/c27-20-25(21-16-18-28(19-17-21)34(29,30)23-12-6-2-7-13-23)26(22-10-4-1-5-11-22)33-35(31,32)24-14-8-3-9-15-24/h1-19,21H/b26-25+. The van der Waals surface area contributed by atoms with Crippen molar-refractivity contribution in [3.63, 3.8) is 0 Å². The highest BCUT2D eigenvalue weighted by Gasteiger charge is 2.27. The average Bonchev–Trinajstić information content (AvgIpc) is 2.90. The van der Waals surface area contributed by atoms with Gasteiger partial charge >= 0.3 is 10.1 Å². The van der Waals surface area contributed by atoms with Crippen molar-refractivity contribution in [3.8, 4) is 6.07 Å². The zero-order valence-corrected chi connectivity index (χ0v) is 19.9. The maximum atomic E-state index is 13.0. The predicted octanol–water partition coefficient (Wildman–Crippen LogP) is 4.67. The van der Waals surface area contributed by atoms with Gasteiger partial charge < -0.3 is 4.18 Å². The molecule has 176 valence electrons. The Morgan fingerprint density at radius 2 is 1.23 bits per heavy atom. The van der Waals surface area contributed by atoms with Crippen molar-refractivity contribution in [1.29, 1.82) is 5.26 Å². The molecule has 1 aliphatic heterocycles. The zero-order chi connectivity index (χ0) is 24.9. The van der Waals surface area contributed by atoms with Gasteiger partial charge in [-0.05, 0) is 24.3 Å². The molecule has 0 spiro atoms. The molecular formula is C26H20N2O5S2. The minimum absolute atomic E-state index is 0.0139. The van der Waals surface area contributed by atoms with Gasteiger partial charge in [0.2, 0.25) is 0 Å². The lowest BCUT2D eigenvalue weighted by Crippen LogP contribution is -2.23. The lowest BCUT2D eigenvalue weighted by atomic mass is 9.95. The first-order chi connectivity index (χ1) is 16.8. The van der Waals surface area contributed by atoms with E-state index >= 15 is 0 Å². The van der Waals surface area contributed by atoms with E-state index in [-0.39, 0.29) is 21.1 Å². The Morgan fingerprint density at radius 3 is 1.74 bits per heavy atom. The zero-order valence-electron chi connectivity index (χ0n) is 18.3. The number of nitrogens with zero attached hydrogens (tertiary/aromatic N) is 2. The summed E-state index contributed by atoms with van der Waals surface area (Å²) in [5, 5.41) is 10.00. The number of rotatable bonds is 7. The summed E-state index contributed by atoms with van der Waals surface area (Å²) in [5.74, 6) is -0.848. The van der Waals surface area contributed by atoms with E-state index in [1.165, 1.54) is 48.8 Å². The molecule has 0 atom stereocenters. The highest BCUT2D eigenvalue weighted by atomic mass is 32.2. The van der Waals surface area contributed by atoms with Crippen molar-refractivity contribution in [2.75, 3.05) is 0 Å². The van der Waals surface area contributed by atoms with E-state index in [1.807, 2.05) is 6.07 Å². The van der Waals surface area contributed by atoms with Crippen LogP contribution in [0.15, 0.2) is 131 Å². The molecule has 9 heteroatoms. The van der Waals surface area contributed by atoms with Crippen LogP contribution < -0.4 is 0 Å². The maximum absolute atomic E-state index is 13.0. The van der Waals surface area contributed by atoms with Gasteiger partial charge in [-0.3, -0.25) is 0 Å². The van der Waals surface area contributed by atoms with Crippen molar-refractivity contribution in [2.24, 2.45) is 5.92 Å². The molecule has 35 heavy (non-hydrogen) atoms. The molecule has 3 aromatic rings. The normalized spacial score (nSPS) is 14.8. The van der Waals surface area contributed by atoms with Crippen LogP contribution in [-0.4, -0.2) is 21.1 Å². The fourth-order valence-corrected chi connectivity index (χ4v) is 5.59. The molecule has 0 amide bonds. The molecule has 0 radical (unpaired) electrons. The fraction of sp³-hybridized carbons (Fsp3) is 0.0385. The van der Waals surface area contributed by atoms with Crippen LogP contribution in [0.1, 0.15) is 5.56 Å². The number of sulfonamides is 1. The van der Waals surface area contributed by atoms with Gasteiger partial charge in [-0.25, -0.2) is 12.7 Å². The SMILES string of the molecule is N#C/C(=C(\OS(=O)(=O)c1ccccc1)c1ccccc1)C1C=CN(S(=O)(=O)c2ccccc2)C=C1. The molecule has 0 unspecified atom stereocenters. The first-order valence-corrected chi connectivity index (χ1v) is 13.3. The summed E-state index contributed by atoms with van der Waals surface area (Å²) in [6, 6.07) is 26.0. The van der Waals surface area contributed by atoms with Crippen molar-refractivity contribution in [2.45, 2.75) is 9.79 Å². The van der Waals surface area contributed by atoms with Crippen molar-refractivity contribution in [1.82, 2.24) is 4.31 Å². The van der Waals surface area contributed by atoms with Crippen LogP contribution in [0.5, 0.6) is 0 Å². The number of nitriles is 1. The molecule has 4 rings (SSSR count). The Bertz CT molecular complexity index is 1530. The summed E-state index contributed by atoms with van der Waals surface area (Å²) in [6.45, 7) is 0. The molecule has 0 saturated heterocycles. The molecule has 0 aliphatic carbocycles. The quantitative estimate of drug-likeness (QED) is 0.263. The molecule has 0 N–H and O–H groups in total. The van der Waals surface area contributed by atoms with Gasteiger partial charge in [0, 0.05) is 23.9 Å². The summed E-state index contributed by atoms with van der Waals surface area (Å²) < 4.78 is 58.2. The summed E-state index contributed by atoms with van der Waals surface area (Å²) in [7, 11) is -8.06. The summed E-state index contributed by atoms with van der Waals surface area (Å²) in [5.41, 5.74) is 0.407. The topological polar surface area (TPSA) is 105 Å². The molecule has 1 aliphatic rings. The minimum atomic E-state index is -4.23. The Labute approximate surface area is 204 Å². The highest BCUT2D eigenvalue weighted by molar-refractivity contribution is 7.89. The monoisotopic (exact) mass is 504 g/mol. The van der Waals surface area contributed by atoms with Crippen LogP contribution in [0, 0.1) is 17.2 Å². The van der Waals surface area contributed by atoms with E-state index in [9.17, 15) is 22.1 Å². The van der Waals surface area contributed by atoms with Gasteiger partial charge in [-0.15, -0.1) is 0 Å². The van der Waals surface area contributed by atoms with Crippen LogP contribution in [0.25, 0.3) is 5.76 Å². The Hall–Kier alpha value is -4.13. The third-order valence-electron chi connectivity index (χ3n) is 5.16. The van der Waals surface area contributed by atoms with Crippen LogP contribution in [0.4, 0.5) is 0 Å². The van der Waals surface area contributed by atoms with Crippen LogP contribution in [-0.2, 0) is 24.3 Å². The van der Waals surface area contributed by atoms with Crippen LogP contribution >= 0.6 is 0 Å². The summed E-state index contributed by atoms with van der Waals surface area (Å²) >= 11 is 0. The molecule has 0 aromatic heterocycles. The lowest BCUT2D eigenvalue weighted by molar-refractivity contribution is 0.460. The number of hydrogen-bond donors (Lipinski definition) is 0. The first kappa shape index (κ1) is 24.0. The molecular weight excluding hydrogens is 484 g/mol. The number of allylic oxidation sites excluding steroid dienone is 3. The third kappa shape index (κ3) is 5.19. The van der Waals surface area contributed by atoms with Gasteiger partial charge in [-0.1, -0.05) is 78.9 Å². The second-order valence-electron chi connectivity index (χ2n) is 7.43. The van der Waals surface area contributed by atoms with Crippen molar-refractivity contribution in [3.05, 3.63) is 127 Å². The number of hydrogen-bond acceptors (Lipinski definition) is 6. The van der Waals surface area contributed by atoms with Crippen molar-refractivity contribution >= 4 is 25.9 Å². The largest absolute Gasteiger partial charge is 0.377 e. The van der Waals surface area contributed by atoms with Crippen LogP contribution in [0.2, 0.25) is 0 Å². The molecule has 0 fully saturated rings. The minimum Gasteiger partial charge on any atom is -0.377 e.